The monoisotopic (exact) mass is 448 g/mol. The van der Waals surface area contributed by atoms with Crippen molar-refractivity contribution in [1.82, 2.24) is 34.7 Å². The van der Waals surface area contributed by atoms with Gasteiger partial charge in [-0.15, -0.1) is 0 Å². The number of nitriles is 1. The van der Waals surface area contributed by atoms with Gasteiger partial charge in [-0.3, -0.25) is 9.78 Å². The van der Waals surface area contributed by atoms with Gasteiger partial charge >= 0.3 is 0 Å². The van der Waals surface area contributed by atoms with Crippen molar-refractivity contribution in [3.8, 4) is 6.07 Å². The maximum absolute atomic E-state index is 12.9. The van der Waals surface area contributed by atoms with Gasteiger partial charge in [-0.1, -0.05) is 6.07 Å². The number of H-pyrrole nitrogens is 1. The summed E-state index contributed by atoms with van der Waals surface area (Å²) in [4.78, 5) is 32.9. The van der Waals surface area contributed by atoms with Gasteiger partial charge in [-0.2, -0.15) is 10.4 Å². The van der Waals surface area contributed by atoms with Crippen LogP contribution in [0.4, 0.5) is 8.78 Å². The zero-order valence-corrected chi connectivity index (χ0v) is 17.5. The molecule has 0 aliphatic heterocycles. The highest BCUT2D eigenvalue weighted by Gasteiger charge is 2.37. The van der Waals surface area contributed by atoms with Gasteiger partial charge < -0.3 is 4.98 Å². The van der Waals surface area contributed by atoms with E-state index in [0.29, 0.717) is 17.2 Å². The van der Waals surface area contributed by atoms with Crippen molar-refractivity contribution in [2.75, 3.05) is 0 Å². The molecule has 4 aromatic rings. The topological polar surface area (TPSA) is 126 Å². The number of aromatic nitrogens is 7. The Labute approximate surface area is 186 Å². The maximum Gasteiger partial charge on any atom is 0.280 e. The highest BCUT2D eigenvalue weighted by molar-refractivity contribution is 5.80. The van der Waals surface area contributed by atoms with Crippen LogP contribution < -0.4 is 5.56 Å². The minimum Gasteiger partial charge on any atom is -0.310 e. The first-order valence-corrected chi connectivity index (χ1v) is 10.4. The second-order valence-corrected chi connectivity index (χ2v) is 7.95. The van der Waals surface area contributed by atoms with Crippen LogP contribution in [0.2, 0.25) is 0 Å². The third-order valence-corrected chi connectivity index (χ3v) is 6.11. The molecule has 1 aliphatic carbocycles. The Hall–Kier alpha value is -4.07. The molecule has 0 aromatic carbocycles. The van der Waals surface area contributed by atoms with Gasteiger partial charge in [0.05, 0.1) is 6.04 Å². The van der Waals surface area contributed by atoms with Crippen molar-refractivity contribution in [1.29, 1.82) is 5.26 Å². The highest BCUT2D eigenvalue weighted by atomic mass is 19.3. The average molecular weight is 448 g/mol. The summed E-state index contributed by atoms with van der Waals surface area (Å²) >= 11 is 0. The van der Waals surface area contributed by atoms with Crippen molar-refractivity contribution in [2.24, 2.45) is 0 Å². The van der Waals surface area contributed by atoms with E-state index in [1.807, 2.05) is 6.07 Å². The quantitative estimate of drug-likeness (QED) is 0.496. The molecule has 3 unspecified atom stereocenters. The van der Waals surface area contributed by atoms with Crippen LogP contribution in [0.1, 0.15) is 72.7 Å². The molecule has 33 heavy (non-hydrogen) atoms. The van der Waals surface area contributed by atoms with Crippen molar-refractivity contribution >= 4 is 11.0 Å². The molecule has 11 heteroatoms. The molecule has 4 aromatic heterocycles. The Kier molecular flexibility index (Phi) is 5.12. The Morgan fingerprint density at radius 1 is 1.18 bits per heavy atom. The minimum absolute atomic E-state index is 0.0297. The van der Waals surface area contributed by atoms with E-state index in [9.17, 15) is 18.8 Å². The van der Waals surface area contributed by atoms with Gasteiger partial charge in [0.2, 0.25) is 0 Å². The molecule has 9 nitrogen and oxygen atoms in total. The molecule has 1 fully saturated rings. The van der Waals surface area contributed by atoms with E-state index in [1.54, 1.807) is 25.4 Å². The predicted octanol–water partition coefficient (Wildman–Crippen LogP) is 3.38. The Morgan fingerprint density at radius 2 is 1.94 bits per heavy atom. The fourth-order valence-corrected chi connectivity index (χ4v) is 4.16. The van der Waals surface area contributed by atoms with Crippen LogP contribution in [0.25, 0.3) is 11.0 Å². The Morgan fingerprint density at radius 3 is 2.55 bits per heavy atom. The highest BCUT2D eigenvalue weighted by Crippen LogP contribution is 2.46. The van der Waals surface area contributed by atoms with Gasteiger partial charge in [-0.25, -0.2) is 28.4 Å². The summed E-state index contributed by atoms with van der Waals surface area (Å²) in [7, 11) is 0. The Bertz CT molecular complexity index is 1410. The molecule has 166 valence electrons. The summed E-state index contributed by atoms with van der Waals surface area (Å²) < 4.78 is 27.2. The van der Waals surface area contributed by atoms with E-state index in [4.69, 9.17) is 4.98 Å². The van der Waals surface area contributed by atoms with Gasteiger partial charge in [0.15, 0.2) is 11.3 Å². The molecule has 1 N–H and O–H groups in total. The summed E-state index contributed by atoms with van der Waals surface area (Å²) in [6.07, 6.45) is 3.72. The molecule has 5 rings (SSSR count). The third kappa shape index (κ3) is 3.53. The standard InChI is InChI=1S/C22H18F2N8O/c1-11(12-3-6-15(18(23)24)28-10-12)32-21-17(16(9-25)31-32)22(33)30-20(29-21)14-5-4-13(14)19-26-7-2-8-27-19/h2-3,6-8,10-11,13-14,18H,4-5H2,1H3,(H,29,30,33). The first-order chi connectivity index (χ1) is 16.0. The van der Waals surface area contributed by atoms with Crippen molar-refractivity contribution in [3.05, 3.63) is 75.7 Å². The molecular weight excluding hydrogens is 430 g/mol. The number of pyridine rings is 1. The summed E-state index contributed by atoms with van der Waals surface area (Å²) in [6, 6.07) is 5.97. The zero-order valence-electron chi connectivity index (χ0n) is 17.5. The lowest BCUT2D eigenvalue weighted by Crippen LogP contribution is -2.28. The second kappa shape index (κ2) is 8.12. The number of hydrogen-bond acceptors (Lipinski definition) is 7. The van der Waals surface area contributed by atoms with E-state index < -0.39 is 18.0 Å². The number of hydrogen-bond donors (Lipinski definition) is 1. The van der Waals surface area contributed by atoms with Gasteiger partial charge in [0.25, 0.3) is 12.0 Å². The number of fused-ring (bicyclic) bond motifs is 1. The van der Waals surface area contributed by atoms with Crippen LogP contribution in [0, 0.1) is 11.3 Å². The smallest absolute Gasteiger partial charge is 0.280 e. The number of halogens is 2. The van der Waals surface area contributed by atoms with Gasteiger partial charge in [0, 0.05) is 30.4 Å². The second-order valence-electron chi connectivity index (χ2n) is 7.95. The van der Waals surface area contributed by atoms with E-state index in [1.165, 1.54) is 23.0 Å². The molecule has 0 bridgehead atoms. The average Bonchev–Trinajstić information content (AvgIpc) is 3.18. The van der Waals surface area contributed by atoms with Crippen LogP contribution in [0.3, 0.4) is 0 Å². The molecular formula is C22H18F2N8O. The van der Waals surface area contributed by atoms with Crippen LogP contribution >= 0.6 is 0 Å². The molecule has 1 aliphatic rings. The SMILES string of the molecule is CC(c1ccc(C(F)F)nc1)n1nc(C#N)c2c(=O)[nH]c(C3CCC3c3ncccn3)nc21. The lowest BCUT2D eigenvalue weighted by Gasteiger charge is -2.34. The van der Waals surface area contributed by atoms with Crippen LogP contribution in [0.15, 0.2) is 41.6 Å². The molecule has 0 spiro atoms. The first kappa shape index (κ1) is 20.8. The number of nitrogens with zero attached hydrogens (tertiary/aromatic N) is 7. The number of rotatable bonds is 5. The fraction of sp³-hybridized carbons (Fsp3) is 0.318. The summed E-state index contributed by atoms with van der Waals surface area (Å²) in [5.74, 6) is 1.14. The number of alkyl halides is 2. The van der Waals surface area contributed by atoms with Crippen LogP contribution in [-0.4, -0.2) is 34.7 Å². The molecule has 3 atom stereocenters. The van der Waals surface area contributed by atoms with Crippen LogP contribution in [-0.2, 0) is 0 Å². The van der Waals surface area contributed by atoms with Crippen molar-refractivity contribution in [2.45, 2.75) is 44.1 Å². The number of aromatic amines is 1. The minimum atomic E-state index is -2.67. The molecule has 1 saturated carbocycles. The van der Waals surface area contributed by atoms with Gasteiger partial charge in [-0.05, 0) is 37.5 Å². The zero-order chi connectivity index (χ0) is 23.1. The molecule has 4 heterocycles. The van der Waals surface area contributed by atoms with Gasteiger partial charge in [0.1, 0.15) is 28.8 Å². The molecule has 0 amide bonds. The van der Waals surface area contributed by atoms with E-state index in [2.05, 4.69) is 25.0 Å². The lowest BCUT2D eigenvalue weighted by molar-refractivity contribution is 0.146. The summed E-state index contributed by atoms with van der Waals surface area (Å²) in [5.41, 5.74) is 0.0261. The normalized spacial score (nSPS) is 18.8. The summed E-state index contributed by atoms with van der Waals surface area (Å²) in [6.45, 7) is 1.78. The third-order valence-electron chi connectivity index (χ3n) is 6.11. The van der Waals surface area contributed by atoms with E-state index in [0.717, 1.165) is 12.8 Å². The molecule has 0 radical (unpaired) electrons. The predicted molar refractivity (Wildman–Crippen MR) is 113 cm³/mol. The maximum atomic E-state index is 12.9. The van der Waals surface area contributed by atoms with Crippen LogP contribution in [0.5, 0.6) is 0 Å². The Balaban J connectivity index is 1.58. The van der Waals surface area contributed by atoms with E-state index in [-0.39, 0.29) is 34.3 Å². The molecule has 0 saturated heterocycles. The lowest BCUT2D eigenvalue weighted by atomic mass is 9.72. The first-order valence-electron chi connectivity index (χ1n) is 10.4. The fourth-order valence-electron chi connectivity index (χ4n) is 4.16. The number of nitrogens with one attached hydrogen (secondary N) is 1. The summed E-state index contributed by atoms with van der Waals surface area (Å²) in [5, 5.41) is 13.9. The largest absolute Gasteiger partial charge is 0.310 e. The van der Waals surface area contributed by atoms with E-state index >= 15 is 0 Å². The van der Waals surface area contributed by atoms with Crippen molar-refractivity contribution in [3.63, 3.8) is 0 Å². The van der Waals surface area contributed by atoms with Crippen molar-refractivity contribution < 1.29 is 8.78 Å².